The normalized spacial score (nSPS) is 11.9. The van der Waals surface area contributed by atoms with E-state index < -0.39 is 6.04 Å². The Morgan fingerprint density at radius 1 is 1.71 bits per heavy atom. The van der Waals surface area contributed by atoms with Gasteiger partial charge < -0.3 is 4.90 Å². The van der Waals surface area contributed by atoms with Gasteiger partial charge in [0.15, 0.2) is 0 Å². The standard InChI is InChI=1S/C14H16ClN5O/c1-2-20(13(21)6-3-7-16)12(14(15)17)10-19-11-5-4-8-18-9-11/h4-5,8-10,12,17H,2-3,6H2,1H3. The Labute approximate surface area is 128 Å². The van der Waals surface area contributed by atoms with Crippen molar-refractivity contribution in [2.45, 2.75) is 25.8 Å². The van der Waals surface area contributed by atoms with Crippen LogP contribution in [0.3, 0.4) is 0 Å². The number of carbonyl (C=O) groups is 1. The summed E-state index contributed by atoms with van der Waals surface area (Å²) in [6, 6.07) is 4.69. The van der Waals surface area contributed by atoms with Gasteiger partial charge in [-0.3, -0.25) is 20.2 Å². The second-order valence-electron chi connectivity index (χ2n) is 4.12. The Morgan fingerprint density at radius 3 is 3.00 bits per heavy atom. The summed E-state index contributed by atoms with van der Waals surface area (Å²) in [4.78, 5) is 21.6. The Bertz CT molecular complexity index is 552. The smallest absolute Gasteiger partial charge is 0.224 e. The number of rotatable bonds is 7. The summed E-state index contributed by atoms with van der Waals surface area (Å²) >= 11 is 5.78. The first-order valence-corrected chi connectivity index (χ1v) is 6.82. The van der Waals surface area contributed by atoms with Gasteiger partial charge in [-0.15, -0.1) is 0 Å². The van der Waals surface area contributed by atoms with E-state index in [0.717, 1.165) is 0 Å². The van der Waals surface area contributed by atoms with Crippen LogP contribution in [0.25, 0.3) is 0 Å². The first kappa shape index (κ1) is 16.8. The van der Waals surface area contributed by atoms with Crippen LogP contribution in [0.1, 0.15) is 19.8 Å². The van der Waals surface area contributed by atoms with Gasteiger partial charge >= 0.3 is 0 Å². The van der Waals surface area contributed by atoms with Crippen LogP contribution in [0.4, 0.5) is 5.69 Å². The summed E-state index contributed by atoms with van der Waals surface area (Å²) in [6.45, 7) is 2.16. The SMILES string of the molecule is CCN(C(=O)CCC#N)C(C=Nc1cccnc1)C(=N)Cl. The van der Waals surface area contributed by atoms with E-state index in [-0.39, 0.29) is 23.9 Å². The average molecular weight is 306 g/mol. The van der Waals surface area contributed by atoms with Gasteiger partial charge in [0.05, 0.1) is 18.0 Å². The number of nitriles is 1. The largest absolute Gasteiger partial charge is 0.328 e. The average Bonchev–Trinajstić information content (AvgIpc) is 2.49. The molecule has 1 rings (SSSR count). The minimum Gasteiger partial charge on any atom is -0.328 e. The number of amides is 1. The quantitative estimate of drug-likeness (QED) is 0.784. The molecule has 1 aromatic rings. The highest BCUT2D eigenvalue weighted by Crippen LogP contribution is 2.11. The lowest BCUT2D eigenvalue weighted by Crippen LogP contribution is -2.44. The molecule has 0 saturated heterocycles. The number of nitrogens with one attached hydrogen (secondary N) is 1. The molecule has 21 heavy (non-hydrogen) atoms. The maximum atomic E-state index is 12.0. The molecule has 1 aromatic heterocycles. The van der Waals surface area contributed by atoms with Crippen LogP contribution < -0.4 is 0 Å². The highest BCUT2D eigenvalue weighted by Gasteiger charge is 2.23. The molecule has 0 fully saturated rings. The second-order valence-corrected chi connectivity index (χ2v) is 4.53. The van der Waals surface area contributed by atoms with Gasteiger partial charge in [0, 0.05) is 31.8 Å². The molecule has 7 heteroatoms. The van der Waals surface area contributed by atoms with E-state index >= 15 is 0 Å². The van der Waals surface area contributed by atoms with Crippen molar-refractivity contribution in [1.29, 1.82) is 10.7 Å². The Hall–Kier alpha value is -2.26. The first-order chi connectivity index (χ1) is 10.1. The molecule has 0 aromatic carbocycles. The molecule has 0 radical (unpaired) electrons. The molecule has 0 bridgehead atoms. The lowest BCUT2D eigenvalue weighted by molar-refractivity contribution is -0.130. The third kappa shape index (κ3) is 5.32. The van der Waals surface area contributed by atoms with Crippen molar-refractivity contribution in [3.63, 3.8) is 0 Å². The molecule has 0 saturated carbocycles. The Balaban J connectivity index is 2.89. The summed E-state index contributed by atoms with van der Waals surface area (Å²) in [7, 11) is 0. The molecule has 0 aliphatic heterocycles. The first-order valence-electron chi connectivity index (χ1n) is 6.44. The summed E-state index contributed by atoms with van der Waals surface area (Å²) in [5.41, 5.74) is 0.612. The van der Waals surface area contributed by atoms with Crippen molar-refractivity contribution in [2.75, 3.05) is 6.54 Å². The maximum Gasteiger partial charge on any atom is 0.224 e. The fourth-order valence-corrected chi connectivity index (χ4v) is 1.88. The monoisotopic (exact) mass is 305 g/mol. The van der Waals surface area contributed by atoms with Gasteiger partial charge in [-0.2, -0.15) is 5.26 Å². The number of halogens is 1. The van der Waals surface area contributed by atoms with Gasteiger partial charge in [0.25, 0.3) is 0 Å². The van der Waals surface area contributed by atoms with E-state index in [9.17, 15) is 4.79 Å². The van der Waals surface area contributed by atoms with Crippen LogP contribution in [0.15, 0.2) is 29.5 Å². The zero-order valence-corrected chi connectivity index (χ0v) is 12.4. The number of hydrogen-bond acceptors (Lipinski definition) is 5. The van der Waals surface area contributed by atoms with E-state index in [1.54, 1.807) is 31.5 Å². The third-order valence-corrected chi connectivity index (χ3v) is 2.94. The molecule has 1 heterocycles. The molecule has 0 aliphatic carbocycles. The Morgan fingerprint density at radius 2 is 2.48 bits per heavy atom. The van der Waals surface area contributed by atoms with Crippen LogP contribution in [0.5, 0.6) is 0 Å². The second kappa shape index (κ2) is 8.82. The summed E-state index contributed by atoms with van der Waals surface area (Å²) in [5, 5.41) is 16.0. The molecular weight excluding hydrogens is 290 g/mol. The van der Waals surface area contributed by atoms with Crippen molar-refractivity contribution in [2.24, 2.45) is 4.99 Å². The van der Waals surface area contributed by atoms with Crippen LogP contribution in [-0.2, 0) is 4.79 Å². The minimum atomic E-state index is -0.733. The molecular formula is C14H16ClN5O. The summed E-state index contributed by atoms with van der Waals surface area (Å²) in [5.74, 6) is -0.230. The summed E-state index contributed by atoms with van der Waals surface area (Å²) < 4.78 is 0. The van der Waals surface area contributed by atoms with Crippen molar-refractivity contribution < 1.29 is 4.79 Å². The molecule has 1 unspecified atom stereocenters. The molecule has 0 spiro atoms. The predicted octanol–water partition coefficient (Wildman–Crippen LogP) is 2.52. The molecule has 1 amide bonds. The van der Waals surface area contributed by atoms with Gasteiger partial charge in [0.1, 0.15) is 11.2 Å². The van der Waals surface area contributed by atoms with Gasteiger partial charge in [-0.1, -0.05) is 11.6 Å². The number of aromatic nitrogens is 1. The van der Waals surface area contributed by atoms with E-state index in [2.05, 4.69) is 9.98 Å². The summed E-state index contributed by atoms with van der Waals surface area (Å²) in [6.07, 6.45) is 4.88. The van der Waals surface area contributed by atoms with Crippen molar-refractivity contribution in [1.82, 2.24) is 9.88 Å². The van der Waals surface area contributed by atoms with E-state index in [0.29, 0.717) is 12.2 Å². The van der Waals surface area contributed by atoms with E-state index in [1.165, 1.54) is 11.1 Å². The van der Waals surface area contributed by atoms with Gasteiger partial charge in [0.2, 0.25) is 5.91 Å². The fourth-order valence-electron chi connectivity index (χ4n) is 1.70. The van der Waals surface area contributed by atoms with Gasteiger partial charge in [-0.05, 0) is 19.1 Å². The minimum absolute atomic E-state index is 0.103. The third-order valence-electron chi connectivity index (χ3n) is 2.72. The number of pyridine rings is 1. The van der Waals surface area contributed by atoms with E-state index in [1.807, 2.05) is 6.07 Å². The maximum absolute atomic E-state index is 12.0. The zero-order chi connectivity index (χ0) is 15.7. The van der Waals surface area contributed by atoms with Crippen LogP contribution in [0.2, 0.25) is 0 Å². The number of hydrogen-bond donors (Lipinski definition) is 1. The molecule has 1 N–H and O–H groups in total. The van der Waals surface area contributed by atoms with Crippen LogP contribution in [0, 0.1) is 16.7 Å². The van der Waals surface area contributed by atoms with Crippen molar-refractivity contribution in [3.05, 3.63) is 24.5 Å². The van der Waals surface area contributed by atoms with E-state index in [4.69, 9.17) is 22.3 Å². The van der Waals surface area contributed by atoms with Crippen LogP contribution in [-0.4, -0.2) is 39.8 Å². The number of nitrogens with zero attached hydrogens (tertiary/aromatic N) is 4. The highest BCUT2D eigenvalue weighted by atomic mass is 35.5. The highest BCUT2D eigenvalue weighted by molar-refractivity contribution is 6.67. The predicted molar refractivity (Wildman–Crippen MR) is 82.0 cm³/mol. The Kier molecular flexibility index (Phi) is 7.05. The van der Waals surface area contributed by atoms with Crippen molar-refractivity contribution >= 4 is 34.6 Å². The zero-order valence-electron chi connectivity index (χ0n) is 11.7. The molecule has 6 nitrogen and oxygen atoms in total. The van der Waals surface area contributed by atoms with Crippen molar-refractivity contribution in [3.8, 4) is 6.07 Å². The molecule has 110 valence electrons. The topological polar surface area (TPSA) is 93.2 Å². The molecule has 0 aliphatic rings. The number of carbonyl (C=O) groups excluding carboxylic acids is 1. The fraction of sp³-hybridized carbons (Fsp3) is 0.357. The number of aliphatic imine (C=N–C) groups is 1. The van der Waals surface area contributed by atoms with Crippen LogP contribution >= 0.6 is 11.6 Å². The molecule has 1 atom stereocenters. The lowest BCUT2D eigenvalue weighted by atomic mass is 10.2. The lowest BCUT2D eigenvalue weighted by Gasteiger charge is -2.26. The van der Waals surface area contributed by atoms with Gasteiger partial charge in [-0.25, -0.2) is 0 Å².